The summed E-state index contributed by atoms with van der Waals surface area (Å²) in [6.45, 7) is 4.30. The van der Waals surface area contributed by atoms with Crippen molar-refractivity contribution in [3.05, 3.63) is 17.8 Å². The molecule has 1 rings (SSSR count). The maximum Gasteiger partial charge on any atom is 0.194 e. The van der Waals surface area contributed by atoms with Gasteiger partial charge in [-0.2, -0.15) is 0 Å². The molecular formula is C11H20N2O2. The Bertz CT molecular complexity index is 261. The standard InChI is InChI=1S/C11H20N2O2/c1-2-7-14-8-5-10-9-13-11(15-10)4-3-6-12/h9H,2-8,12H2,1H3. The van der Waals surface area contributed by atoms with Gasteiger partial charge in [-0.1, -0.05) is 6.92 Å². The molecule has 15 heavy (non-hydrogen) atoms. The number of nitrogens with zero attached hydrogens (tertiary/aromatic N) is 1. The van der Waals surface area contributed by atoms with Crippen LogP contribution in [0.25, 0.3) is 0 Å². The number of ether oxygens (including phenoxy) is 1. The third-order valence-electron chi connectivity index (χ3n) is 2.04. The summed E-state index contributed by atoms with van der Waals surface area (Å²) in [6, 6.07) is 0. The molecule has 1 heterocycles. The van der Waals surface area contributed by atoms with E-state index in [0.29, 0.717) is 13.2 Å². The van der Waals surface area contributed by atoms with Crippen LogP contribution in [0.5, 0.6) is 0 Å². The van der Waals surface area contributed by atoms with E-state index < -0.39 is 0 Å². The van der Waals surface area contributed by atoms with Crippen molar-refractivity contribution < 1.29 is 9.15 Å². The normalized spacial score (nSPS) is 10.8. The van der Waals surface area contributed by atoms with E-state index >= 15 is 0 Å². The lowest BCUT2D eigenvalue weighted by molar-refractivity contribution is 0.134. The molecule has 1 aromatic heterocycles. The van der Waals surface area contributed by atoms with E-state index in [-0.39, 0.29) is 0 Å². The molecule has 1 aromatic rings. The van der Waals surface area contributed by atoms with Crippen molar-refractivity contribution in [1.29, 1.82) is 0 Å². The molecule has 0 atom stereocenters. The predicted octanol–water partition coefficient (Wildman–Crippen LogP) is 1.53. The smallest absolute Gasteiger partial charge is 0.194 e. The van der Waals surface area contributed by atoms with Crippen molar-refractivity contribution >= 4 is 0 Å². The molecule has 4 heteroatoms. The number of hydrogen-bond acceptors (Lipinski definition) is 4. The minimum absolute atomic E-state index is 0.678. The Hall–Kier alpha value is -0.870. The minimum Gasteiger partial charge on any atom is -0.446 e. The molecule has 0 radical (unpaired) electrons. The second-order valence-electron chi connectivity index (χ2n) is 3.47. The van der Waals surface area contributed by atoms with E-state index in [1.54, 1.807) is 6.20 Å². The van der Waals surface area contributed by atoms with Gasteiger partial charge in [0, 0.05) is 19.4 Å². The molecule has 86 valence electrons. The first kappa shape index (κ1) is 12.2. The van der Waals surface area contributed by atoms with E-state index in [1.807, 2.05) is 0 Å². The first-order valence-electron chi connectivity index (χ1n) is 5.58. The maximum atomic E-state index is 5.52. The van der Waals surface area contributed by atoms with Gasteiger partial charge in [-0.15, -0.1) is 0 Å². The lowest BCUT2D eigenvalue weighted by atomic mass is 10.3. The molecule has 0 saturated heterocycles. The third-order valence-corrected chi connectivity index (χ3v) is 2.04. The second kappa shape index (κ2) is 7.43. The van der Waals surface area contributed by atoms with Crippen LogP contribution in [-0.2, 0) is 17.6 Å². The van der Waals surface area contributed by atoms with Crippen molar-refractivity contribution in [3.8, 4) is 0 Å². The van der Waals surface area contributed by atoms with E-state index in [9.17, 15) is 0 Å². The van der Waals surface area contributed by atoms with Gasteiger partial charge in [-0.05, 0) is 19.4 Å². The summed E-state index contributed by atoms with van der Waals surface area (Å²) < 4.78 is 10.9. The monoisotopic (exact) mass is 212 g/mol. The Morgan fingerprint density at radius 2 is 2.27 bits per heavy atom. The summed E-state index contributed by atoms with van der Waals surface area (Å²) in [5.41, 5.74) is 5.41. The number of oxazole rings is 1. The van der Waals surface area contributed by atoms with Gasteiger partial charge in [-0.25, -0.2) is 4.98 Å². The van der Waals surface area contributed by atoms with Crippen LogP contribution in [0.1, 0.15) is 31.4 Å². The molecule has 2 N–H and O–H groups in total. The van der Waals surface area contributed by atoms with Crippen LogP contribution >= 0.6 is 0 Å². The molecule has 0 amide bonds. The molecule has 0 saturated carbocycles. The van der Waals surface area contributed by atoms with Crippen molar-refractivity contribution in [2.75, 3.05) is 19.8 Å². The third kappa shape index (κ3) is 4.95. The summed E-state index contributed by atoms with van der Waals surface area (Å²) in [5, 5.41) is 0. The summed E-state index contributed by atoms with van der Waals surface area (Å²) in [5.74, 6) is 1.68. The Morgan fingerprint density at radius 3 is 3.00 bits per heavy atom. The van der Waals surface area contributed by atoms with Crippen LogP contribution in [0.3, 0.4) is 0 Å². The van der Waals surface area contributed by atoms with Gasteiger partial charge in [0.05, 0.1) is 12.8 Å². The summed E-state index contributed by atoms with van der Waals surface area (Å²) in [7, 11) is 0. The van der Waals surface area contributed by atoms with Gasteiger partial charge in [-0.3, -0.25) is 0 Å². The Kier molecular flexibility index (Phi) is 6.04. The average Bonchev–Trinajstić information content (AvgIpc) is 2.69. The molecule has 0 aliphatic heterocycles. The maximum absolute atomic E-state index is 5.52. The van der Waals surface area contributed by atoms with Crippen LogP contribution in [0.4, 0.5) is 0 Å². The Labute approximate surface area is 90.8 Å². The highest BCUT2D eigenvalue weighted by molar-refractivity contribution is 4.94. The van der Waals surface area contributed by atoms with Gasteiger partial charge in [0.1, 0.15) is 5.76 Å². The Balaban J connectivity index is 2.20. The fourth-order valence-corrected chi connectivity index (χ4v) is 1.25. The number of aryl methyl sites for hydroxylation is 1. The number of hydrogen-bond donors (Lipinski definition) is 1. The molecular weight excluding hydrogens is 192 g/mol. The number of aromatic nitrogens is 1. The number of nitrogens with two attached hydrogens (primary N) is 1. The zero-order valence-corrected chi connectivity index (χ0v) is 9.37. The van der Waals surface area contributed by atoms with Crippen molar-refractivity contribution in [3.63, 3.8) is 0 Å². The van der Waals surface area contributed by atoms with Gasteiger partial charge < -0.3 is 14.9 Å². The zero-order valence-electron chi connectivity index (χ0n) is 9.37. The van der Waals surface area contributed by atoms with E-state index in [1.165, 1.54) is 0 Å². The molecule has 0 aromatic carbocycles. The first-order chi connectivity index (χ1) is 7.36. The fraction of sp³-hybridized carbons (Fsp3) is 0.727. The molecule has 0 aliphatic rings. The highest BCUT2D eigenvalue weighted by Crippen LogP contribution is 2.06. The van der Waals surface area contributed by atoms with Crippen molar-refractivity contribution in [2.24, 2.45) is 5.73 Å². The number of rotatable bonds is 8. The molecule has 0 spiro atoms. The molecule has 4 nitrogen and oxygen atoms in total. The highest BCUT2D eigenvalue weighted by Gasteiger charge is 2.02. The average molecular weight is 212 g/mol. The van der Waals surface area contributed by atoms with Crippen LogP contribution < -0.4 is 5.73 Å². The first-order valence-corrected chi connectivity index (χ1v) is 5.58. The van der Waals surface area contributed by atoms with Crippen LogP contribution in [0.15, 0.2) is 10.6 Å². The van der Waals surface area contributed by atoms with Gasteiger partial charge >= 0.3 is 0 Å². The topological polar surface area (TPSA) is 61.3 Å². The molecule has 0 aliphatic carbocycles. The van der Waals surface area contributed by atoms with Crippen LogP contribution in [0, 0.1) is 0 Å². The van der Waals surface area contributed by atoms with E-state index in [4.69, 9.17) is 14.9 Å². The summed E-state index contributed by atoms with van der Waals surface area (Å²) in [6.07, 6.45) is 5.38. The second-order valence-corrected chi connectivity index (χ2v) is 3.47. The largest absolute Gasteiger partial charge is 0.446 e. The van der Waals surface area contributed by atoms with Crippen molar-refractivity contribution in [1.82, 2.24) is 4.98 Å². The predicted molar refractivity (Wildman–Crippen MR) is 58.7 cm³/mol. The lowest BCUT2D eigenvalue weighted by Crippen LogP contribution is -2.00. The van der Waals surface area contributed by atoms with Crippen molar-refractivity contribution in [2.45, 2.75) is 32.6 Å². The van der Waals surface area contributed by atoms with Gasteiger partial charge in [0.25, 0.3) is 0 Å². The summed E-state index contributed by atoms with van der Waals surface area (Å²) in [4.78, 5) is 4.17. The lowest BCUT2D eigenvalue weighted by Gasteiger charge is -1.99. The molecule has 0 bridgehead atoms. The van der Waals surface area contributed by atoms with E-state index in [2.05, 4.69) is 11.9 Å². The zero-order chi connectivity index (χ0) is 10.9. The summed E-state index contributed by atoms with van der Waals surface area (Å²) >= 11 is 0. The van der Waals surface area contributed by atoms with Gasteiger partial charge in [0.15, 0.2) is 5.89 Å². The SMILES string of the molecule is CCCOCCc1cnc(CCCN)o1. The minimum atomic E-state index is 0.678. The van der Waals surface area contributed by atoms with Crippen LogP contribution in [-0.4, -0.2) is 24.7 Å². The molecule has 0 fully saturated rings. The molecule has 0 unspecified atom stereocenters. The Morgan fingerprint density at radius 1 is 1.40 bits per heavy atom. The fourth-order valence-electron chi connectivity index (χ4n) is 1.25. The highest BCUT2D eigenvalue weighted by atomic mass is 16.5. The quantitative estimate of drug-likeness (QED) is 0.664. The van der Waals surface area contributed by atoms with Crippen LogP contribution in [0.2, 0.25) is 0 Å². The van der Waals surface area contributed by atoms with Gasteiger partial charge in [0.2, 0.25) is 0 Å². The van der Waals surface area contributed by atoms with E-state index in [0.717, 1.165) is 43.9 Å².